The Morgan fingerprint density at radius 2 is 1.88 bits per heavy atom. The van der Waals surface area contributed by atoms with E-state index in [-0.39, 0.29) is 49.7 Å². The van der Waals surface area contributed by atoms with Crippen molar-refractivity contribution in [3.8, 4) is 6.07 Å². The number of halogens is 1. The number of nitrogens with zero attached hydrogens (tertiary/aromatic N) is 4. The molecule has 4 rings (SSSR count). The van der Waals surface area contributed by atoms with Crippen LogP contribution in [0.1, 0.15) is 36.8 Å². The number of aryl methyl sites for hydroxylation is 1. The van der Waals surface area contributed by atoms with E-state index < -0.39 is 22.2 Å². The normalized spacial score (nSPS) is 24.4. The highest BCUT2D eigenvalue weighted by molar-refractivity contribution is 7.86. The first-order valence-electron chi connectivity index (χ1n) is 11.7. The summed E-state index contributed by atoms with van der Waals surface area (Å²) < 4.78 is 42.5. The number of amides is 2. The molecule has 1 N–H and O–H groups in total. The highest BCUT2D eigenvalue weighted by atomic mass is 32.2. The van der Waals surface area contributed by atoms with Gasteiger partial charge in [0.1, 0.15) is 11.9 Å². The molecule has 3 saturated heterocycles. The second-order valence-electron chi connectivity index (χ2n) is 9.29. The molecule has 0 aliphatic carbocycles. The Bertz CT molecular complexity index is 1080. The summed E-state index contributed by atoms with van der Waals surface area (Å²) in [7, 11) is -3.71. The van der Waals surface area contributed by atoms with Gasteiger partial charge in [-0.1, -0.05) is 12.1 Å². The summed E-state index contributed by atoms with van der Waals surface area (Å²) in [5.41, 5.74) is 1.16. The first kappa shape index (κ1) is 24.6. The molecule has 11 heteroatoms. The Hall–Kier alpha value is -2.55. The standard InChI is InChI=1S/C23H30FN5O4S/c1-16-5-2-7-20(24)19(16)12-26-22(30)21-8-4-10-29(21)23(31)18-6-3-9-27(15-18)34(32,33)28-13-17(11-25)14-28/h2,5,7,17-18,21H,3-4,6,8-10,12-15H2,1H3,(H,26,30)/t18-,21+/m0/s1. The maximum absolute atomic E-state index is 14.1. The fourth-order valence-corrected chi connectivity index (χ4v) is 6.74. The van der Waals surface area contributed by atoms with Crippen LogP contribution in [0.3, 0.4) is 0 Å². The van der Waals surface area contributed by atoms with Gasteiger partial charge in [0.15, 0.2) is 0 Å². The Labute approximate surface area is 199 Å². The number of nitriles is 1. The molecule has 0 spiro atoms. The van der Waals surface area contributed by atoms with Crippen LogP contribution in [-0.4, -0.2) is 72.5 Å². The third-order valence-corrected chi connectivity index (χ3v) is 8.98. The summed E-state index contributed by atoms with van der Waals surface area (Å²) in [5.74, 6) is -1.71. The molecule has 34 heavy (non-hydrogen) atoms. The predicted molar refractivity (Wildman–Crippen MR) is 122 cm³/mol. The quantitative estimate of drug-likeness (QED) is 0.641. The van der Waals surface area contributed by atoms with E-state index in [9.17, 15) is 22.4 Å². The van der Waals surface area contributed by atoms with Crippen molar-refractivity contribution in [1.82, 2.24) is 18.8 Å². The van der Waals surface area contributed by atoms with Crippen molar-refractivity contribution in [2.45, 2.75) is 45.2 Å². The molecule has 1 aromatic carbocycles. The third-order valence-electron chi connectivity index (χ3n) is 7.05. The number of carbonyl (C=O) groups is 2. The molecule has 1 aromatic rings. The zero-order valence-electron chi connectivity index (χ0n) is 19.2. The second kappa shape index (κ2) is 9.98. The van der Waals surface area contributed by atoms with Crippen molar-refractivity contribution in [2.75, 3.05) is 32.7 Å². The number of nitrogens with one attached hydrogen (secondary N) is 1. The number of carbonyl (C=O) groups excluding carboxylic acids is 2. The maximum atomic E-state index is 14.1. The maximum Gasteiger partial charge on any atom is 0.282 e. The highest BCUT2D eigenvalue weighted by Gasteiger charge is 2.44. The number of piperidine rings is 1. The van der Waals surface area contributed by atoms with E-state index >= 15 is 0 Å². The van der Waals surface area contributed by atoms with Crippen molar-refractivity contribution in [1.29, 1.82) is 5.26 Å². The van der Waals surface area contributed by atoms with Gasteiger partial charge in [-0.25, -0.2) is 4.39 Å². The average Bonchev–Trinajstić information content (AvgIpc) is 3.27. The molecule has 3 aliphatic rings. The van der Waals surface area contributed by atoms with E-state index in [0.717, 1.165) is 5.56 Å². The van der Waals surface area contributed by atoms with Gasteiger partial charge < -0.3 is 10.2 Å². The lowest BCUT2D eigenvalue weighted by Crippen LogP contribution is -2.57. The van der Waals surface area contributed by atoms with Crippen molar-refractivity contribution in [3.05, 3.63) is 35.1 Å². The lowest BCUT2D eigenvalue weighted by Gasteiger charge is -2.41. The predicted octanol–water partition coefficient (Wildman–Crippen LogP) is 1.15. The third kappa shape index (κ3) is 4.80. The van der Waals surface area contributed by atoms with E-state index in [1.807, 2.05) is 0 Å². The topological polar surface area (TPSA) is 114 Å². The Balaban J connectivity index is 1.38. The summed E-state index contributed by atoms with van der Waals surface area (Å²) in [4.78, 5) is 27.8. The lowest BCUT2D eigenvalue weighted by atomic mass is 9.97. The first-order valence-corrected chi connectivity index (χ1v) is 13.1. The van der Waals surface area contributed by atoms with Crippen LogP contribution in [0, 0.1) is 35.9 Å². The number of likely N-dealkylation sites (tertiary alicyclic amines) is 1. The fourth-order valence-electron chi connectivity index (χ4n) is 4.95. The summed E-state index contributed by atoms with van der Waals surface area (Å²) in [6.07, 6.45) is 2.32. The minimum Gasteiger partial charge on any atom is -0.350 e. The molecule has 0 unspecified atom stereocenters. The molecule has 2 amide bonds. The average molecular weight is 492 g/mol. The smallest absolute Gasteiger partial charge is 0.282 e. The van der Waals surface area contributed by atoms with E-state index in [1.165, 1.54) is 14.7 Å². The number of rotatable bonds is 6. The number of hydrogen-bond acceptors (Lipinski definition) is 5. The van der Waals surface area contributed by atoms with Crippen LogP contribution >= 0.6 is 0 Å². The molecule has 3 fully saturated rings. The molecule has 0 radical (unpaired) electrons. The summed E-state index contributed by atoms with van der Waals surface area (Å²) in [6.45, 7) is 3.05. The van der Waals surface area contributed by atoms with Crippen LogP contribution in [0.25, 0.3) is 0 Å². The highest BCUT2D eigenvalue weighted by Crippen LogP contribution is 2.29. The van der Waals surface area contributed by atoms with Crippen molar-refractivity contribution < 1.29 is 22.4 Å². The van der Waals surface area contributed by atoms with Crippen LogP contribution in [0.5, 0.6) is 0 Å². The van der Waals surface area contributed by atoms with Gasteiger partial charge >= 0.3 is 0 Å². The van der Waals surface area contributed by atoms with E-state index in [2.05, 4.69) is 11.4 Å². The molecular formula is C23H30FN5O4S. The molecule has 2 atom stereocenters. The van der Waals surface area contributed by atoms with Crippen molar-refractivity contribution >= 4 is 22.0 Å². The molecule has 0 bridgehead atoms. The van der Waals surface area contributed by atoms with E-state index in [1.54, 1.807) is 24.0 Å². The van der Waals surface area contributed by atoms with Crippen LogP contribution in [-0.2, 0) is 26.3 Å². The van der Waals surface area contributed by atoms with Gasteiger partial charge in [-0.2, -0.15) is 22.3 Å². The van der Waals surface area contributed by atoms with Crippen LogP contribution in [0.15, 0.2) is 18.2 Å². The molecule has 0 saturated carbocycles. The first-order chi connectivity index (χ1) is 16.2. The Kier molecular flexibility index (Phi) is 7.21. The monoisotopic (exact) mass is 491 g/mol. The van der Waals surface area contributed by atoms with Gasteiger partial charge in [-0.15, -0.1) is 0 Å². The molecular weight excluding hydrogens is 461 g/mol. The van der Waals surface area contributed by atoms with Gasteiger partial charge in [0, 0.05) is 44.8 Å². The zero-order valence-corrected chi connectivity index (χ0v) is 20.1. The van der Waals surface area contributed by atoms with Gasteiger partial charge in [0.05, 0.1) is 17.9 Å². The van der Waals surface area contributed by atoms with Gasteiger partial charge in [-0.3, -0.25) is 9.59 Å². The number of benzene rings is 1. The zero-order chi connectivity index (χ0) is 24.5. The summed E-state index contributed by atoms with van der Waals surface area (Å²) in [6, 6.07) is 6.17. The Morgan fingerprint density at radius 1 is 1.15 bits per heavy atom. The summed E-state index contributed by atoms with van der Waals surface area (Å²) in [5, 5.41) is 11.7. The van der Waals surface area contributed by atoms with Gasteiger partial charge in [0.2, 0.25) is 11.8 Å². The minimum atomic E-state index is -3.71. The second-order valence-corrected chi connectivity index (χ2v) is 11.2. The van der Waals surface area contributed by atoms with Crippen molar-refractivity contribution in [2.24, 2.45) is 11.8 Å². The van der Waals surface area contributed by atoms with Gasteiger partial charge in [0.25, 0.3) is 10.2 Å². The van der Waals surface area contributed by atoms with E-state index in [0.29, 0.717) is 44.3 Å². The summed E-state index contributed by atoms with van der Waals surface area (Å²) >= 11 is 0. The number of hydrogen-bond donors (Lipinski definition) is 1. The molecule has 3 aliphatic heterocycles. The Morgan fingerprint density at radius 3 is 2.59 bits per heavy atom. The lowest BCUT2D eigenvalue weighted by molar-refractivity contribution is -0.142. The van der Waals surface area contributed by atoms with Crippen LogP contribution < -0.4 is 5.32 Å². The molecule has 9 nitrogen and oxygen atoms in total. The molecule has 0 aromatic heterocycles. The molecule has 184 valence electrons. The minimum absolute atomic E-state index is 0.0465. The van der Waals surface area contributed by atoms with Crippen LogP contribution in [0.2, 0.25) is 0 Å². The van der Waals surface area contributed by atoms with E-state index in [4.69, 9.17) is 5.26 Å². The van der Waals surface area contributed by atoms with Crippen LogP contribution in [0.4, 0.5) is 4.39 Å². The van der Waals surface area contributed by atoms with Crippen molar-refractivity contribution in [3.63, 3.8) is 0 Å². The largest absolute Gasteiger partial charge is 0.350 e. The van der Waals surface area contributed by atoms with Gasteiger partial charge in [-0.05, 0) is 44.2 Å². The SMILES string of the molecule is Cc1cccc(F)c1CNC(=O)[C@H]1CCCN1C(=O)[C@H]1CCCN(S(=O)(=O)N2CC(C#N)C2)C1. The fraction of sp³-hybridized carbons (Fsp3) is 0.609. The molecule has 3 heterocycles.